The van der Waals surface area contributed by atoms with Crippen molar-refractivity contribution in [1.29, 1.82) is 0 Å². The van der Waals surface area contributed by atoms with Gasteiger partial charge in [-0.05, 0) is 0 Å². The SMILES string of the molecule is CC1=Cc2c(-c3ccc(C(C)(C)C)cc3)ccc(C)c2[CH]1[Zr]([CH3])([CH3])(=[SiH2])[CH]1C(C(C)(C)C)=Cc2c(-c3ccc(C(C)(C)C)cc3)cccc21.Cl.Cl. The van der Waals surface area contributed by atoms with Crippen molar-refractivity contribution in [3.05, 3.63) is 129 Å². The molecule has 4 aromatic carbocycles. The zero-order valence-electron chi connectivity index (χ0n) is 32.8. The van der Waals surface area contributed by atoms with Crippen LogP contribution in [-0.2, 0) is 28.2 Å². The average molecular weight is 803 g/mol. The number of rotatable bonds is 4. The summed E-state index contributed by atoms with van der Waals surface area (Å²) in [5.74, 6) is 0. The smallest absolute Gasteiger partial charge is 0.147 e. The third kappa shape index (κ3) is 7.06. The Balaban J connectivity index is 0.00000281. The normalized spacial score (nSPS) is 17.6. The Morgan fingerprint density at radius 2 is 1.02 bits per heavy atom. The topological polar surface area (TPSA) is 0 Å². The number of hydrogen-bond acceptors (Lipinski definition) is 0. The second-order valence-electron chi connectivity index (χ2n) is 19.3. The molecule has 266 valence electrons. The Bertz CT molecular complexity index is 2050. The molecule has 0 heterocycles. The molecule has 0 nitrogen and oxygen atoms in total. The molecule has 50 heavy (non-hydrogen) atoms. The van der Waals surface area contributed by atoms with E-state index in [9.17, 15) is 0 Å². The van der Waals surface area contributed by atoms with Crippen LogP contribution in [0.4, 0.5) is 0 Å². The van der Waals surface area contributed by atoms with Crippen LogP contribution < -0.4 is 0 Å². The van der Waals surface area contributed by atoms with E-state index in [2.05, 4.69) is 183 Å². The van der Waals surface area contributed by atoms with Gasteiger partial charge in [-0.3, -0.25) is 0 Å². The van der Waals surface area contributed by atoms with Gasteiger partial charge in [0.1, 0.15) is 0 Å². The van der Waals surface area contributed by atoms with Crippen LogP contribution in [0, 0.1) is 12.3 Å². The van der Waals surface area contributed by atoms with Crippen molar-refractivity contribution in [1.82, 2.24) is 0 Å². The molecule has 4 aromatic rings. The monoisotopic (exact) mass is 800 g/mol. The molecule has 0 aliphatic heterocycles. The van der Waals surface area contributed by atoms with Gasteiger partial charge < -0.3 is 0 Å². The number of hydrogen-bond donors (Lipinski definition) is 0. The van der Waals surface area contributed by atoms with E-state index in [0.717, 1.165) is 0 Å². The minimum absolute atomic E-state index is 0. The van der Waals surface area contributed by atoms with Gasteiger partial charge in [0.05, 0.1) is 0 Å². The predicted molar refractivity (Wildman–Crippen MR) is 227 cm³/mol. The van der Waals surface area contributed by atoms with Crippen LogP contribution in [0.15, 0.2) is 90.0 Å². The summed E-state index contributed by atoms with van der Waals surface area (Å²) in [4.78, 5) is 0. The van der Waals surface area contributed by atoms with E-state index in [0.29, 0.717) is 7.25 Å². The van der Waals surface area contributed by atoms with Crippen LogP contribution in [-0.4, -0.2) is 6.88 Å². The van der Waals surface area contributed by atoms with Crippen LogP contribution in [0.25, 0.3) is 34.4 Å². The second-order valence-corrected chi connectivity index (χ2v) is 49.7. The quantitative estimate of drug-likeness (QED) is 0.180. The van der Waals surface area contributed by atoms with Gasteiger partial charge in [0.15, 0.2) is 0 Å². The molecular formula is C46H60Cl2SiZr. The van der Waals surface area contributed by atoms with Crippen molar-refractivity contribution in [3.63, 3.8) is 0 Å². The van der Waals surface area contributed by atoms with Crippen molar-refractivity contribution in [2.75, 3.05) is 0 Å². The third-order valence-corrected chi connectivity index (χ3v) is 29.1. The fourth-order valence-electron chi connectivity index (χ4n) is 9.09. The summed E-state index contributed by atoms with van der Waals surface area (Å²) in [6, 6.07) is 30.7. The van der Waals surface area contributed by atoms with Gasteiger partial charge in [0.25, 0.3) is 0 Å². The molecule has 2 unspecified atom stereocenters. The molecule has 2 aliphatic carbocycles. The van der Waals surface area contributed by atoms with E-state index in [1.807, 2.05) is 0 Å². The zero-order chi connectivity index (χ0) is 35.2. The molecule has 2 atom stereocenters. The van der Waals surface area contributed by atoms with E-state index in [-0.39, 0.29) is 41.1 Å². The van der Waals surface area contributed by atoms with Gasteiger partial charge in [-0.1, -0.05) is 0 Å². The molecule has 4 heteroatoms. The molecule has 0 aromatic heterocycles. The van der Waals surface area contributed by atoms with E-state index in [4.69, 9.17) is 0 Å². The van der Waals surface area contributed by atoms with Gasteiger partial charge in [-0.15, -0.1) is 24.8 Å². The van der Waals surface area contributed by atoms with Gasteiger partial charge in [-0.25, -0.2) is 0 Å². The molecule has 0 N–H and O–H groups in total. The van der Waals surface area contributed by atoms with E-state index >= 15 is 0 Å². The Hall–Kier alpha value is -1.96. The first-order valence-electron chi connectivity index (χ1n) is 18.0. The zero-order valence-corrected chi connectivity index (χ0v) is 38.3. The van der Waals surface area contributed by atoms with Gasteiger partial charge in [0.2, 0.25) is 0 Å². The molecule has 0 bridgehead atoms. The average Bonchev–Trinajstić information content (AvgIpc) is 3.57. The molecule has 0 fully saturated rings. The van der Waals surface area contributed by atoms with Crippen molar-refractivity contribution in [2.24, 2.45) is 5.41 Å². The minimum atomic E-state index is -3.77. The molecule has 0 radical (unpaired) electrons. The largest absolute Gasteiger partial charge is 0.147 e. The van der Waals surface area contributed by atoms with Crippen LogP contribution in [0.1, 0.15) is 115 Å². The van der Waals surface area contributed by atoms with Crippen molar-refractivity contribution in [2.45, 2.75) is 104 Å². The van der Waals surface area contributed by atoms with Gasteiger partial charge >= 0.3 is 297 Å². The third-order valence-electron chi connectivity index (χ3n) is 11.6. The summed E-state index contributed by atoms with van der Waals surface area (Å²) in [5, 5.41) is 0. The van der Waals surface area contributed by atoms with Crippen molar-refractivity contribution >= 4 is 43.8 Å². The van der Waals surface area contributed by atoms with Crippen LogP contribution in [0.3, 0.4) is 0 Å². The van der Waals surface area contributed by atoms with Gasteiger partial charge in [0, 0.05) is 0 Å². The Morgan fingerprint density at radius 3 is 1.48 bits per heavy atom. The Kier molecular flexibility index (Phi) is 11.0. The minimum Gasteiger partial charge on any atom is -0.147 e. The summed E-state index contributed by atoms with van der Waals surface area (Å²) in [6.07, 6.45) is 5.19. The van der Waals surface area contributed by atoms with Crippen LogP contribution in [0.2, 0.25) is 9.26 Å². The molecule has 0 saturated heterocycles. The molecule has 0 spiro atoms. The molecular weight excluding hydrogens is 743 g/mol. The fourth-order valence-corrected chi connectivity index (χ4v) is 29.7. The fraction of sp³-hybridized carbons (Fsp3) is 0.391. The standard InChI is InChI=1S/C23H27.C21H23.2CH3.2ClH.H2Si.Zr/c1-22(2,3)18-12-10-16(11-13-18)20-9-7-8-17-14-19(15-21(17)20)23(4,5)6;1-14-12-19-15(2)6-11-18(20(19)13-14)16-7-9-17(10-8-16)21(3,4)5;;;;;;/h7-15H,1-6H3;6-13H,1-5H3;2*1H3;2*1H;1H2;. The Morgan fingerprint density at radius 1 is 0.540 bits per heavy atom. The van der Waals surface area contributed by atoms with Crippen LogP contribution >= 0.6 is 24.8 Å². The number of fused-ring (bicyclic) bond motifs is 2. The Labute approximate surface area is 319 Å². The maximum absolute atomic E-state index is 3.77. The predicted octanol–water partition coefficient (Wildman–Crippen LogP) is 13.7. The molecule has 2 aliphatic rings. The molecule has 0 amide bonds. The first kappa shape index (κ1) is 40.8. The maximum Gasteiger partial charge on any atom is -0.147 e. The number of benzene rings is 4. The maximum atomic E-state index is 2.78. The van der Waals surface area contributed by atoms with E-state index in [1.165, 1.54) is 50.1 Å². The van der Waals surface area contributed by atoms with E-state index < -0.39 is 17.4 Å². The first-order valence-corrected chi connectivity index (χ1v) is 31.7. The van der Waals surface area contributed by atoms with Crippen molar-refractivity contribution in [3.8, 4) is 22.3 Å². The summed E-state index contributed by atoms with van der Waals surface area (Å²) in [7, 11) is 0. The number of aryl methyl sites for hydroxylation is 1. The molecule has 6 rings (SSSR count). The first-order chi connectivity index (χ1) is 22.1. The van der Waals surface area contributed by atoms with E-state index in [1.54, 1.807) is 22.3 Å². The molecule has 0 saturated carbocycles. The summed E-state index contributed by atoms with van der Waals surface area (Å²) >= 11 is -3.77. The van der Waals surface area contributed by atoms with Gasteiger partial charge in [-0.2, -0.15) is 0 Å². The summed E-state index contributed by atoms with van der Waals surface area (Å²) in [6.45, 7) is 28.4. The number of allylic oxidation sites excluding steroid dienone is 2. The summed E-state index contributed by atoms with van der Waals surface area (Å²) < 4.78 is 6.53. The number of halogens is 2. The summed E-state index contributed by atoms with van der Waals surface area (Å²) in [5.41, 5.74) is 19.3. The van der Waals surface area contributed by atoms with Crippen LogP contribution in [0.5, 0.6) is 0 Å². The van der Waals surface area contributed by atoms with Crippen molar-refractivity contribution < 1.29 is 17.4 Å². The second kappa shape index (κ2) is 13.5.